The topological polar surface area (TPSA) is 79.7 Å². The van der Waals surface area contributed by atoms with E-state index in [0.717, 1.165) is 6.42 Å². The van der Waals surface area contributed by atoms with Crippen LogP contribution in [-0.2, 0) is 11.3 Å². The van der Waals surface area contributed by atoms with Crippen LogP contribution in [0.5, 0.6) is 0 Å². The van der Waals surface area contributed by atoms with Gasteiger partial charge >= 0.3 is 0 Å². The molecule has 7 nitrogen and oxygen atoms in total. The zero-order valence-corrected chi connectivity index (χ0v) is 12.0. The number of amides is 1. The number of nitrogens with one attached hydrogen (secondary N) is 1. The van der Waals surface area contributed by atoms with Crippen LogP contribution in [0.1, 0.15) is 22.5 Å². The number of nitrogens with zero attached hydrogens (tertiary/aromatic N) is 3. The number of carbonyl (C=O) groups excluding carboxylic acids is 1. The lowest BCUT2D eigenvalue weighted by Gasteiger charge is -2.21. The summed E-state index contributed by atoms with van der Waals surface area (Å²) >= 11 is 3.26. The van der Waals surface area contributed by atoms with Gasteiger partial charge in [0.15, 0.2) is 5.65 Å². The fourth-order valence-electron chi connectivity index (χ4n) is 2.79. The minimum absolute atomic E-state index is 0.0474. The van der Waals surface area contributed by atoms with E-state index in [-0.39, 0.29) is 23.2 Å². The highest BCUT2D eigenvalue weighted by Gasteiger charge is 2.38. The molecule has 4 rings (SSSR count). The van der Waals surface area contributed by atoms with E-state index in [1.54, 1.807) is 11.0 Å². The Morgan fingerprint density at radius 3 is 3.05 bits per heavy atom. The van der Waals surface area contributed by atoms with Gasteiger partial charge in [-0.15, -0.1) is 0 Å². The van der Waals surface area contributed by atoms with Crippen LogP contribution in [-0.4, -0.2) is 44.7 Å². The minimum Gasteiger partial charge on any atom is -0.379 e. The molecule has 1 fully saturated rings. The van der Waals surface area contributed by atoms with Crippen molar-refractivity contribution < 1.29 is 9.53 Å². The largest absolute Gasteiger partial charge is 0.379 e. The lowest BCUT2D eigenvalue weighted by atomic mass is 10.2. The predicted molar refractivity (Wildman–Crippen MR) is 72.6 cm³/mol. The lowest BCUT2D eigenvalue weighted by molar-refractivity contribution is 0.0675. The van der Waals surface area contributed by atoms with Crippen LogP contribution in [0.25, 0.3) is 5.65 Å². The van der Waals surface area contributed by atoms with Gasteiger partial charge in [-0.25, -0.2) is 9.50 Å². The molecule has 1 N–H and O–H groups in total. The molecule has 2 aromatic rings. The van der Waals surface area contributed by atoms with Crippen molar-refractivity contribution in [3.63, 3.8) is 0 Å². The van der Waals surface area contributed by atoms with Gasteiger partial charge in [-0.3, -0.25) is 14.7 Å². The van der Waals surface area contributed by atoms with Crippen molar-refractivity contribution in [2.75, 3.05) is 13.2 Å². The maximum Gasteiger partial charge on any atom is 0.278 e. The van der Waals surface area contributed by atoms with Gasteiger partial charge in [-0.1, -0.05) is 0 Å². The number of ether oxygens (including phenoxy) is 1. The summed E-state index contributed by atoms with van der Waals surface area (Å²) < 4.78 is 7.32. The summed E-state index contributed by atoms with van der Waals surface area (Å²) in [5.74, 6) is -0.174. The average molecular weight is 339 g/mol. The molecule has 0 saturated carbocycles. The van der Waals surface area contributed by atoms with Gasteiger partial charge in [0.1, 0.15) is 10.3 Å². The Hall–Kier alpha value is -1.67. The maximum atomic E-state index is 12.4. The SMILES string of the molecule is O=C1c2nc3cc(Br)[nH]n3c(=O)c2CN1[C@@H]1CCOC1. The van der Waals surface area contributed by atoms with E-state index in [4.69, 9.17) is 4.74 Å². The highest BCUT2D eigenvalue weighted by Crippen LogP contribution is 2.25. The zero-order valence-electron chi connectivity index (χ0n) is 10.4. The second-order valence-corrected chi connectivity index (χ2v) is 5.85. The van der Waals surface area contributed by atoms with Gasteiger partial charge in [-0.05, 0) is 22.4 Å². The molecule has 2 aromatic heterocycles. The van der Waals surface area contributed by atoms with Gasteiger partial charge < -0.3 is 9.64 Å². The Labute approximate surface area is 121 Å². The van der Waals surface area contributed by atoms with E-state index < -0.39 is 0 Å². The number of rotatable bonds is 1. The molecule has 0 aromatic carbocycles. The van der Waals surface area contributed by atoms with Gasteiger partial charge in [-0.2, -0.15) is 0 Å². The number of carbonyl (C=O) groups is 1. The smallest absolute Gasteiger partial charge is 0.278 e. The highest BCUT2D eigenvalue weighted by atomic mass is 79.9. The van der Waals surface area contributed by atoms with Crippen molar-refractivity contribution >= 4 is 27.5 Å². The molecule has 0 unspecified atom stereocenters. The normalized spacial score (nSPS) is 21.9. The second-order valence-electron chi connectivity index (χ2n) is 4.99. The van der Waals surface area contributed by atoms with Crippen molar-refractivity contribution in [2.24, 2.45) is 0 Å². The van der Waals surface area contributed by atoms with Gasteiger partial charge in [0.25, 0.3) is 11.5 Å². The number of aromatic amines is 1. The maximum absolute atomic E-state index is 12.4. The molecule has 2 aliphatic heterocycles. The summed E-state index contributed by atoms with van der Waals surface area (Å²) in [5.41, 5.74) is 0.950. The molecule has 1 saturated heterocycles. The van der Waals surface area contributed by atoms with E-state index in [1.807, 2.05) is 0 Å². The third-order valence-corrected chi connectivity index (χ3v) is 4.22. The Morgan fingerprint density at radius 1 is 1.45 bits per heavy atom. The van der Waals surface area contributed by atoms with Crippen LogP contribution in [0, 0.1) is 0 Å². The van der Waals surface area contributed by atoms with E-state index in [0.29, 0.717) is 35.6 Å². The fourth-order valence-corrected chi connectivity index (χ4v) is 3.17. The number of hydrogen-bond acceptors (Lipinski definition) is 4. The molecular weight excluding hydrogens is 328 g/mol. The third-order valence-electron chi connectivity index (χ3n) is 3.82. The minimum atomic E-state index is -0.217. The Bertz CT molecular complexity index is 775. The first-order valence-electron chi connectivity index (χ1n) is 6.34. The van der Waals surface area contributed by atoms with Gasteiger partial charge in [0.2, 0.25) is 0 Å². The molecule has 0 spiro atoms. The lowest BCUT2D eigenvalue weighted by Crippen LogP contribution is -2.36. The van der Waals surface area contributed by atoms with Crippen LogP contribution < -0.4 is 5.56 Å². The molecule has 1 amide bonds. The fraction of sp³-hybridized carbons (Fsp3) is 0.417. The molecule has 1 atom stereocenters. The third kappa shape index (κ3) is 1.58. The summed E-state index contributed by atoms with van der Waals surface area (Å²) in [4.78, 5) is 30.8. The standard InChI is InChI=1S/C12H11BrN4O3/c13-8-3-9-14-10-7(11(18)17(9)15-8)4-16(12(10)19)6-1-2-20-5-6/h3,6,15H,1-2,4-5H2/t6-/m1/s1. The summed E-state index contributed by atoms with van der Waals surface area (Å²) in [6.07, 6.45) is 0.810. The van der Waals surface area contributed by atoms with E-state index in [2.05, 4.69) is 26.0 Å². The van der Waals surface area contributed by atoms with Crippen LogP contribution in [0.4, 0.5) is 0 Å². The first-order chi connectivity index (χ1) is 9.65. The molecule has 0 radical (unpaired) electrons. The van der Waals surface area contributed by atoms with Gasteiger partial charge in [0.05, 0.1) is 24.8 Å². The van der Waals surface area contributed by atoms with Crippen LogP contribution in [0.15, 0.2) is 15.5 Å². The summed E-state index contributed by atoms with van der Waals surface area (Å²) in [6, 6.07) is 1.72. The van der Waals surface area contributed by atoms with E-state index in [1.165, 1.54) is 4.52 Å². The Morgan fingerprint density at radius 2 is 2.30 bits per heavy atom. The molecule has 4 heterocycles. The quantitative estimate of drug-likeness (QED) is 0.822. The van der Waals surface area contributed by atoms with Crippen molar-refractivity contribution in [1.82, 2.24) is 19.5 Å². The summed E-state index contributed by atoms with van der Waals surface area (Å²) in [7, 11) is 0. The Balaban J connectivity index is 1.85. The number of aromatic nitrogens is 3. The van der Waals surface area contributed by atoms with E-state index >= 15 is 0 Å². The number of halogens is 1. The highest BCUT2D eigenvalue weighted by molar-refractivity contribution is 9.10. The average Bonchev–Trinajstić information content (AvgIpc) is 3.10. The number of fused-ring (bicyclic) bond motifs is 2. The summed E-state index contributed by atoms with van der Waals surface area (Å²) in [5, 5.41) is 2.86. The van der Waals surface area contributed by atoms with E-state index in [9.17, 15) is 9.59 Å². The van der Waals surface area contributed by atoms with Crippen LogP contribution in [0.2, 0.25) is 0 Å². The molecule has 8 heteroatoms. The van der Waals surface area contributed by atoms with Crippen molar-refractivity contribution in [1.29, 1.82) is 0 Å². The van der Waals surface area contributed by atoms with Crippen molar-refractivity contribution in [3.8, 4) is 0 Å². The molecule has 0 bridgehead atoms. The molecule has 0 aliphatic carbocycles. The molecule has 104 valence electrons. The predicted octanol–water partition coefficient (Wildman–Crippen LogP) is 0.530. The zero-order chi connectivity index (χ0) is 13.9. The first kappa shape index (κ1) is 12.1. The number of hydrogen-bond donors (Lipinski definition) is 1. The molecule has 20 heavy (non-hydrogen) atoms. The van der Waals surface area contributed by atoms with Crippen LogP contribution >= 0.6 is 15.9 Å². The summed E-state index contributed by atoms with van der Waals surface area (Å²) in [6.45, 7) is 1.50. The van der Waals surface area contributed by atoms with Gasteiger partial charge in [0, 0.05) is 12.7 Å². The number of H-pyrrole nitrogens is 1. The van der Waals surface area contributed by atoms with Crippen molar-refractivity contribution in [3.05, 3.63) is 32.3 Å². The first-order valence-corrected chi connectivity index (χ1v) is 7.13. The second kappa shape index (κ2) is 4.16. The Kier molecular flexibility index (Phi) is 2.52. The monoisotopic (exact) mass is 338 g/mol. The van der Waals surface area contributed by atoms with Crippen LogP contribution in [0.3, 0.4) is 0 Å². The molecular formula is C12H11BrN4O3. The van der Waals surface area contributed by atoms with Crippen molar-refractivity contribution in [2.45, 2.75) is 19.0 Å². The molecule has 2 aliphatic rings.